The van der Waals surface area contributed by atoms with Crippen LogP contribution in [0.1, 0.15) is 36.1 Å². The van der Waals surface area contributed by atoms with Crippen molar-refractivity contribution in [2.75, 3.05) is 6.54 Å². The van der Waals surface area contributed by atoms with Crippen LogP contribution in [0.25, 0.3) is 5.76 Å². The molecule has 1 aromatic carbocycles. The first-order valence-electron chi connectivity index (χ1n) is 11.0. The molecule has 2 aliphatic rings. The smallest absolute Gasteiger partial charge is 0.295 e. The first-order chi connectivity index (χ1) is 16.0. The molecule has 1 amide bonds. The van der Waals surface area contributed by atoms with E-state index in [0.717, 1.165) is 23.3 Å². The Kier molecular flexibility index (Phi) is 5.42. The number of Topliss-reactive ketones (excluding diaryl/α,β-unsaturated/α-hetero) is 1. The number of benzene rings is 1. The number of aryl methyl sites for hydroxylation is 1. The van der Waals surface area contributed by atoms with Gasteiger partial charge in [0.1, 0.15) is 30.0 Å². The summed E-state index contributed by atoms with van der Waals surface area (Å²) in [5, 5.41) is 11.2. The molecule has 0 aliphatic carbocycles. The number of hydrogen-bond acceptors (Lipinski definition) is 5. The second kappa shape index (κ2) is 8.54. The Hall–Kier alpha value is -3.94. The number of rotatable bonds is 6. The molecule has 2 aromatic heterocycles. The lowest BCUT2D eigenvalue weighted by molar-refractivity contribution is -0.695. The quantitative estimate of drug-likeness (QED) is 0.263. The number of fused-ring (bicyclic) bond motifs is 1. The van der Waals surface area contributed by atoms with Gasteiger partial charge in [0, 0.05) is 37.3 Å². The van der Waals surface area contributed by atoms with Gasteiger partial charge < -0.3 is 14.7 Å². The lowest BCUT2D eigenvalue weighted by atomic mass is 9.95. The molecule has 8 nitrogen and oxygen atoms in total. The molecule has 4 heterocycles. The maximum atomic E-state index is 13.1. The molecule has 168 valence electrons. The molecule has 0 saturated carbocycles. The number of amides is 1. The van der Waals surface area contributed by atoms with E-state index in [1.165, 1.54) is 0 Å². The van der Waals surface area contributed by atoms with Crippen LogP contribution in [0, 0.1) is 0 Å². The molecule has 3 aromatic rings. The highest BCUT2D eigenvalue weighted by atomic mass is 16.5. The molecule has 2 N–H and O–H groups in total. The van der Waals surface area contributed by atoms with Gasteiger partial charge in [0.25, 0.3) is 11.7 Å². The normalized spacial score (nSPS) is 21.3. The van der Waals surface area contributed by atoms with Gasteiger partial charge in [-0.2, -0.15) is 0 Å². The van der Waals surface area contributed by atoms with Crippen molar-refractivity contribution in [3.05, 3.63) is 83.7 Å². The van der Waals surface area contributed by atoms with Crippen molar-refractivity contribution >= 4 is 17.4 Å². The van der Waals surface area contributed by atoms with Crippen LogP contribution < -0.4 is 9.30 Å². The van der Waals surface area contributed by atoms with Gasteiger partial charge in [-0.15, -0.1) is 0 Å². The Bertz CT molecular complexity index is 1220. The van der Waals surface area contributed by atoms with Gasteiger partial charge in [-0.3, -0.25) is 19.6 Å². The monoisotopic (exact) mass is 445 g/mol. The molecular formula is C25H25N4O4+. The van der Waals surface area contributed by atoms with Crippen molar-refractivity contribution in [3.63, 3.8) is 0 Å². The predicted molar refractivity (Wildman–Crippen MR) is 119 cm³/mol. The fourth-order valence-corrected chi connectivity index (χ4v) is 4.61. The van der Waals surface area contributed by atoms with Crippen LogP contribution in [0.2, 0.25) is 0 Å². The summed E-state index contributed by atoms with van der Waals surface area (Å²) in [6.45, 7) is 3.06. The summed E-state index contributed by atoms with van der Waals surface area (Å²) in [7, 11) is 0. The number of aliphatic hydroxyl groups excluding tert-OH is 1. The Morgan fingerprint density at radius 1 is 1.27 bits per heavy atom. The summed E-state index contributed by atoms with van der Waals surface area (Å²) in [6, 6.07) is 8.25. The number of aromatic amines is 1. The summed E-state index contributed by atoms with van der Waals surface area (Å²) in [4.78, 5) is 34.8. The average molecular weight is 445 g/mol. The largest absolute Gasteiger partial charge is 0.507 e. The number of pyridine rings is 1. The van der Waals surface area contributed by atoms with E-state index in [1.54, 1.807) is 41.6 Å². The number of ketones is 1. The highest BCUT2D eigenvalue weighted by molar-refractivity contribution is 6.46. The molecule has 2 unspecified atom stereocenters. The summed E-state index contributed by atoms with van der Waals surface area (Å²) in [5.41, 5.74) is 2.32. The van der Waals surface area contributed by atoms with E-state index < -0.39 is 17.7 Å². The van der Waals surface area contributed by atoms with Gasteiger partial charge in [0.15, 0.2) is 0 Å². The van der Waals surface area contributed by atoms with Gasteiger partial charge in [-0.05, 0) is 48.4 Å². The molecule has 33 heavy (non-hydrogen) atoms. The maximum absolute atomic E-state index is 13.1. The van der Waals surface area contributed by atoms with Crippen molar-refractivity contribution in [3.8, 4) is 5.75 Å². The lowest BCUT2D eigenvalue weighted by Gasteiger charge is -2.25. The number of H-pyrrole nitrogens is 1. The van der Waals surface area contributed by atoms with Gasteiger partial charge in [-0.1, -0.05) is 0 Å². The molecule has 2 atom stereocenters. The first kappa shape index (κ1) is 20.9. The van der Waals surface area contributed by atoms with E-state index in [4.69, 9.17) is 4.74 Å². The van der Waals surface area contributed by atoms with Crippen molar-refractivity contribution in [1.82, 2.24) is 14.9 Å². The number of carbonyl (C=O) groups is 2. The number of nitrogens with one attached hydrogen (secondary N) is 1. The van der Waals surface area contributed by atoms with Crippen LogP contribution >= 0.6 is 0 Å². The van der Waals surface area contributed by atoms with Crippen LogP contribution in [-0.2, 0) is 22.6 Å². The molecule has 1 saturated heterocycles. The predicted octanol–water partition coefficient (Wildman–Crippen LogP) is 2.53. The third-order valence-electron chi connectivity index (χ3n) is 6.15. The summed E-state index contributed by atoms with van der Waals surface area (Å²) >= 11 is 0. The Labute approximate surface area is 191 Å². The number of carbonyl (C=O) groups excluding carboxylic acids is 2. The Balaban J connectivity index is 1.51. The third-order valence-corrected chi connectivity index (χ3v) is 6.15. The van der Waals surface area contributed by atoms with Crippen molar-refractivity contribution < 1.29 is 24.0 Å². The van der Waals surface area contributed by atoms with E-state index in [1.807, 2.05) is 36.3 Å². The minimum absolute atomic E-state index is 0.0673. The average Bonchev–Trinajstić information content (AvgIpc) is 3.53. The molecule has 0 radical (unpaired) electrons. The first-order valence-corrected chi connectivity index (χ1v) is 11.0. The Morgan fingerprint density at radius 2 is 2.09 bits per heavy atom. The number of likely N-dealkylation sites (tertiary alicyclic amines) is 1. The number of aliphatic hydroxyl groups is 1. The van der Waals surface area contributed by atoms with Crippen LogP contribution in [0.4, 0.5) is 0 Å². The molecular weight excluding hydrogens is 420 g/mol. The van der Waals surface area contributed by atoms with Crippen molar-refractivity contribution in [2.45, 2.75) is 38.5 Å². The van der Waals surface area contributed by atoms with Gasteiger partial charge in [-0.25, -0.2) is 4.57 Å². The number of imidazole rings is 1. The number of ether oxygens (including phenoxy) is 1. The number of aromatic nitrogens is 3. The van der Waals surface area contributed by atoms with E-state index in [-0.39, 0.29) is 17.4 Å². The molecule has 0 spiro atoms. The van der Waals surface area contributed by atoms with Gasteiger partial charge in [0.05, 0.1) is 18.2 Å². The summed E-state index contributed by atoms with van der Waals surface area (Å²) in [5.74, 6) is -0.656. The van der Waals surface area contributed by atoms with Crippen LogP contribution in [0.3, 0.4) is 0 Å². The van der Waals surface area contributed by atoms with Crippen molar-refractivity contribution in [1.29, 1.82) is 0 Å². The SMILES string of the molecule is CC1Cc2cc(C(O)=C3C(=O)C(=O)N(CCC[n+]4cc[nH]c4)C3c3ccncc3)ccc2O1. The number of nitrogens with zero attached hydrogens (tertiary/aromatic N) is 3. The topological polar surface area (TPSA) is 99.4 Å². The Morgan fingerprint density at radius 3 is 2.85 bits per heavy atom. The second-order valence-electron chi connectivity index (χ2n) is 8.43. The standard InChI is InChI=1S/C25H24N4O4/c1-16-13-19-14-18(3-4-20(19)33-16)23(30)21-22(17-5-7-26-8-6-17)29(25(32)24(21)31)11-2-10-28-12-9-27-15-28/h3-9,12,14-16,22H,2,10-11,13H2,1H3,(H,30,31)/p+1. The zero-order valence-corrected chi connectivity index (χ0v) is 18.3. The molecule has 0 bridgehead atoms. The second-order valence-corrected chi connectivity index (χ2v) is 8.43. The van der Waals surface area contributed by atoms with Crippen molar-refractivity contribution in [2.24, 2.45) is 0 Å². The molecule has 1 fully saturated rings. The van der Waals surface area contributed by atoms with Crippen LogP contribution in [0.15, 0.2) is 67.0 Å². The fourth-order valence-electron chi connectivity index (χ4n) is 4.61. The molecule has 5 rings (SSSR count). The van der Waals surface area contributed by atoms with Crippen LogP contribution in [0.5, 0.6) is 5.75 Å². The minimum Gasteiger partial charge on any atom is -0.507 e. The molecule has 2 aliphatic heterocycles. The van der Waals surface area contributed by atoms with Gasteiger partial charge >= 0.3 is 0 Å². The summed E-state index contributed by atoms with van der Waals surface area (Å²) in [6.07, 6.45) is 10.3. The van der Waals surface area contributed by atoms with E-state index in [9.17, 15) is 14.7 Å². The number of hydrogen-bond donors (Lipinski definition) is 2. The highest BCUT2D eigenvalue weighted by Gasteiger charge is 2.45. The lowest BCUT2D eigenvalue weighted by Crippen LogP contribution is -2.36. The summed E-state index contributed by atoms with van der Waals surface area (Å²) < 4.78 is 7.73. The van der Waals surface area contributed by atoms with Crippen LogP contribution in [-0.4, -0.2) is 44.3 Å². The third kappa shape index (κ3) is 3.88. The van der Waals surface area contributed by atoms with Gasteiger partial charge in [0.2, 0.25) is 6.33 Å². The zero-order valence-electron chi connectivity index (χ0n) is 18.3. The maximum Gasteiger partial charge on any atom is 0.295 e. The zero-order chi connectivity index (χ0) is 22.9. The van der Waals surface area contributed by atoms with E-state index >= 15 is 0 Å². The van der Waals surface area contributed by atoms with E-state index in [2.05, 4.69) is 9.97 Å². The molecule has 8 heteroatoms. The highest BCUT2D eigenvalue weighted by Crippen LogP contribution is 2.40. The minimum atomic E-state index is -0.673. The fraction of sp³-hybridized carbons (Fsp3) is 0.280. The van der Waals surface area contributed by atoms with E-state index in [0.29, 0.717) is 25.1 Å².